The molecular weight excluding hydrogens is 314 g/mol. The zero-order valence-electron chi connectivity index (χ0n) is 13.0. The molecule has 24 heavy (non-hydrogen) atoms. The van der Waals surface area contributed by atoms with E-state index in [0.717, 1.165) is 0 Å². The number of nitrogens with zero attached hydrogens (tertiary/aromatic N) is 1. The van der Waals surface area contributed by atoms with Crippen molar-refractivity contribution in [1.29, 1.82) is 5.26 Å². The standard InChI is InChI=1S/C17H13NO6/c1-9(19)23-14-12-5-3-4-11(8-18)13(12)15(24-10(2)20)17-16(14)21-6-7-22-17/h3-5H,6-7H2,1-2H3. The number of nitriles is 1. The van der Waals surface area contributed by atoms with Gasteiger partial charge in [0, 0.05) is 19.2 Å². The van der Waals surface area contributed by atoms with Crippen LogP contribution in [-0.2, 0) is 9.59 Å². The highest BCUT2D eigenvalue weighted by Crippen LogP contribution is 2.53. The average Bonchev–Trinajstić information content (AvgIpc) is 2.56. The van der Waals surface area contributed by atoms with Gasteiger partial charge in [-0.2, -0.15) is 5.26 Å². The Morgan fingerprint density at radius 3 is 2.21 bits per heavy atom. The highest BCUT2D eigenvalue weighted by molar-refractivity contribution is 6.04. The Hall–Kier alpha value is -3.27. The second kappa shape index (κ2) is 6.08. The number of benzene rings is 2. The van der Waals surface area contributed by atoms with Crippen LogP contribution in [0.1, 0.15) is 19.4 Å². The Labute approximate surface area is 137 Å². The lowest BCUT2D eigenvalue weighted by atomic mass is 10.0. The van der Waals surface area contributed by atoms with Gasteiger partial charge in [0.15, 0.2) is 11.5 Å². The lowest BCUT2D eigenvalue weighted by Gasteiger charge is -2.24. The van der Waals surface area contributed by atoms with Gasteiger partial charge in [-0.3, -0.25) is 9.59 Å². The molecule has 1 aliphatic heterocycles. The van der Waals surface area contributed by atoms with Gasteiger partial charge in [-0.15, -0.1) is 0 Å². The molecule has 7 nitrogen and oxygen atoms in total. The quantitative estimate of drug-likeness (QED) is 0.617. The van der Waals surface area contributed by atoms with E-state index in [1.54, 1.807) is 18.2 Å². The molecule has 0 saturated carbocycles. The summed E-state index contributed by atoms with van der Waals surface area (Å²) in [4.78, 5) is 23.0. The summed E-state index contributed by atoms with van der Waals surface area (Å²) in [6.07, 6.45) is 0. The molecule has 0 bridgehead atoms. The molecule has 3 rings (SSSR count). The summed E-state index contributed by atoms with van der Waals surface area (Å²) in [7, 11) is 0. The summed E-state index contributed by atoms with van der Waals surface area (Å²) in [5.41, 5.74) is 0.258. The van der Waals surface area contributed by atoms with Gasteiger partial charge in [0.25, 0.3) is 0 Å². The normalized spacial score (nSPS) is 12.4. The van der Waals surface area contributed by atoms with Crippen molar-refractivity contribution in [3.63, 3.8) is 0 Å². The predicted octanol–water partition coefficient (Wildman–Crippen LogP) is 2.33. The van der Waals surface area contributed by atoms with E-state index in [0.29, 0.717) is 10.8 Å². The van der Waals surface area contributed by atoms with Crippen LogP contribution >= 0.6 is 0 Å². The first-order valence-electron chi connectivity index (χ1n) is 7.18. The third-order valence-corrected chi connectivity index (χ3v) is 3.34. The van der Waals surface area contributed by atoms with E-state index in [9.17, 15) is 14.9 Å². The van der Waals surface area contributed by atoms with E-state index in [1.165, 1.54) is 13.8 Å². The second-order valence-corrected chi connectivity index (χ2v) is 5.04. The first kappa shape index (κ1) is 15.6. The molecule has 0 saturated heterocycles. The molecule has 0 aliphatic carbocycles. The predicted molar refractivity (Wildman–Crippen MR) is 82.3 cm³/mol. The van der Waals surface area contributed by atoms with E-state index < -0.39 is 11.9 Å². The molecule has 0 amide bonds. The van der Waals surface area contributed by atoms with Gasteiger partial charge in [0.05, 0.1) is 17.0 Å². The zero-order chi connectivity index (χ0) is 17.3. The number of rotatable bonds is 2. The van der Waals surface area contributed by atoms with Crippen LogP contribution in [0.4, 0.5) is 0 Å². The number of ether oxygens (including phenoxy) is 4. The molecule has 0 N–H and O–H groups in total. The van der Waals surface area contributed by atoms with E-state index in [-0.39, 0.29) is 41.8 Å². The molecule has 0 atom stereocenters. The Bertz CT molecular complexity index is 896. The van der Waals surface area contributed by atoms with Gasteiger partial charge in [-0.25, -0.2) is 0 Å². The van der Waals surface area contributed by atoms with Crippen LogP contribution in [0.15, 0.2) is 18.2 Å². The molecule has 122 valence electrons. The van der Waals surface area contributed by atoms with Crippen LogP contribution in [0, 0.1) is 11.3 Å². The van der Waals surface area contributed by atoms with Gasteiger partial charge in [0.1, 0.15) is 13.2 Å². The molecule has 2 aromatic carbocycles. The first-order chi connectivity index (χ1) is 11.5. The Morgan fingerprint density at radius 1 is 1.04 bits per heavy atom. The summed E-state index contributed by atoms with van der Waals surface area (Å²) in [5, 5.41) is 10.2. The van der Waals surface area contributed by atoms with Crippen molar-refractivity contribution in [2.24, 2.45) is 0 Å². The molecule has 7 heteroatoms. The van der Waals surface area contributed by atoms with E-state index >= 15 is 0 Å². The maximum atomic E-state index is 11.5. The minimum absolute atomic E-state index is 0.0836. The summed E-state index contributed by atoms with van der Waals surface area (Å²) in [5.74, 6) is -0.574. The third kappa shape index (κ3) is 2.58. The topological polar surface area (TPSA) is 94.9 Å². The lowest BCUT2D eigenvalue weighted by Crippen LogP contribution is -2.19. The van der Waals surface area contributed by atoms with Crippen LogP contribution in [0.5, 0.6) is 23.0 Å². The van der Waals surface area contributed by atoms with Gasteiger partial charge in [-0.1, -0.05) is 12.1 Å². The van der Waals surface area contributed by atoms with Crippen LogP contribution < -0.4 is 18.9 Å². The lowest BCUT2D eigenvalue weighted by molar-refractivity contribution is -0.133. The first-order valence-corrected chi connectivity index (χ1v) is 7.18. The van der Waals surface area contributed by atoms with Gasteiger partial charge < -0.3 is 18.9 Å². The average molecular weight is 327 g/mol. The summed E-state index contributed by atoms with van der Waals surface area (Å²) < 4.78 is 21.7. The van der Waals surface area contributed by atoms with Crippen molar-refractivity contribution in [1.82, 2.24) is 0 Å². The van der Waals surface area contributed by atoms with Gasteiger partial charge in [-0.05, 0) is 6.07 Å². The highest BCUT2D eigenvalue weighted by atomic mass is 16.6. The second-order valence-electron chi connectivity index (χ2n) is 5.04. The van der Waals surface area contributed by atoms with Crippen LogP contribution in [-0.4, -0.2) is 25.2 Å². The summed E-state index contributed by atoms with van der Waals surface area (Å²) >= 11 is 0. The van der Waals surface area contributed by atoms with Crippen molar-refractivity contribution in [2.45, 2.75) is 13.8 Å². The van der Waals surface area contributed by atoms with Crippen molar-refractivity contribution >= 4 is 22.7 Å². The van der Waals surface area contributed by atoms with E-state index in [2.05, 4.69) is 0 Å². The van der Waals surface area contributed by atoms with Crippen LogP contribution in [0.25, 0.3) is 10.8 Å². The molecule has 1 aliphatic rings. The number of hydrogen-bond acceptors (Lipinski definition) is 7. The Morgan fingerprint density at radius 2 is 1.62 bits per heavy atom. The monoisotopic (exact) mass is 327 g/mol. The smallest absolute Gasteiger partial charge is 0.308 e. The molecule has 0 spiro atoms. The zero-order valence-corrected chi connectivity index (χ0v) is 13.0. The molecular formula is C17H13NO6. The van der Waals surface area contributed by atoms with Crippen molar-refractivity contribution < 1.29 is 28.5 Å². The number of fused-ring (bicyclic) bond motifs is 2. The fourth-order valence-corrected chi connectivity index (χ4v) is 2.56. The fraction of sp³-hybridized carbons (Fsp3) is 0.235. The fourth-order valence-electron chi connectivity index (χ4n) is 2.56. The Kier molecular flexibility index (Phi) is 3.96. The van der Waals surface area contributed by atoms with E-state index in [1.807, 2.05) is 6.07 Å². The molecule has 0 unspecified atom stereocenters. The molecule has 0 fully saturated rings. The van der Waals surface area contributed by atoms with E-state index in [4.69, 9.17) is 18.9 Å². The van der Waals surface area contributed by atoms with Gasteiger partial charge >= 0.3 is 11.9 Å². The van der Waals surface area contributed by atoms with Crippen LogP contribution in [0.3, 0.4) is 0 Å². The van der Waals surface area contributed by atoms with Crippen molar-refractivity contribution in [3.8, 4) is 29.1 Å². The molecule has 2 aromatic rings. The largest absolute Gasteiger partial charge is 0.483 e. The Balaban J connectivity index is 2.45. The van der Waals surface area contributed by atoms with Gasteiger partial charge in [0.2, 0.25) is 11.5 Å². The summed E-state index contributed by atoms with van der Waals surface area (Å²) in [6.45, 7) is 3.00. The van der Waals surface area contributed by atoms with Crippen LogP contribution in [0.2, 0.25) is 0 Å². The SMILES string of the molecule is CC(=O)Oc1c2c(c(OC(C)=O)c3c(C#N)cccc13)OCCO2. The molecule has 1 heterocycles. The highest BCUT2D eigenvalue weighted by Gasteiger charge is 2.30. The molecule has 0 aromatic heterocycles. The third-order valence-electron chi connectivity index (χ3n) is 3.34. The minimum atomic E-state index is -0.569. The number of carbonyl (C=O) groups excluding carboxylic acids is 2. The van der Waals surface area contributed by atoms with Crippen molar-refractivity contribution in [3.05, 3.63) is 23.8 Å². The number of esters is 2. The number of carbonyl (C=O) groups is 2. The maximum Gasteiger partial charge on any atom is 0.308 e. The minimum Gasteiger partial charge on any atom is -0.483 e. The maximum absolute atomic E-state index is 11.5. The summed E-state index contributed by atoms with van der Waals surface area (Å²) in [6, 6.07) is 6.91. The number of hydrogen-bond donors (Lipinski definition) is 0. The molecule has 0 radical (unpaired) electrons. The van der Waals surface area contributed by atoms with Crippen molar-refractivity contribution in [2.75, 3.05) is 13.2 Å².